The molecule has 1 atom stereocenters. The SMILES string of the molecule is Brc1ccsc1[C@H](C1CCC1)N1CCNCC1. The molecule has 1 aliphatic carbocycles. The monoisotopic (exact) mass is 314 g/mol. The number of thiophene rings is 1. The van der Waals surface area contributed by atoms with Gasteiger partial charge in [-0.2, -0.15) is 0 Å². The molecular weight excluding hydrogens is 296 g/mol. The van der Waals surface area contributed by atoms with Gasteiger partial charge in [0.2, 0.25) is 0 Å². The Hall–Kier alpha value is 0.1000. The third kappa shape index (κ3) is 2.46. The van der Waals surface area contributed by atoms with Gasteiger partial charge in [-0.15, -0.1) is 11.3 Å². The van der Waals surface area contributed by atoms with Crippen LogP contribution < -0.4 is 5.32 Å². The first-order valence-corrected chi connectivity index (χ1v) is 8.21. The van der Waals surface area contributed by atoms with E-state index in [1.54, 1.807) is 4.88 Å². The van der Waals surface area contributed by atoms with Gasteiger partial charge in [-0.3, -0.25) is 4.90 Å². The van der Waals surface area contributed by atoms with Crippen LogP contribution in [0.5, 0.6) is 0 Å². The first-order chi connectivity index (χ1) is 8.36. The summed E-state index contributed by atoms with van der Waals surface area (Å²) in [4.78, 5) is 4.24. The Morgan fingerprint density at radius 2 is 2.12 bits per heavy atom. The van der Waals surface area contributed by atoms with E-state index in [9.17, 15) is 0 Å². The van der Waals surface area contributed by atoms with Gasteiger partial charge in [-0.1, -0.05) is 6.42 Å². The van der Waals surface area contributed by atoms with E-state index in [0.29, 0.717) is 6.04 Å². The van der Waals surface area contributed by atoms with Gasteiger partial charge in [0.05, 0.1) is 0 Å². The van der Waals surface area contributed by atoms with E-state index >= 15 is 0 Å². The average molecular weight is 315 g/mol. The van der Waals surface area contributed by atoms with Gasteiger partial charge >= 0.3 is 0 Å². The zero-order valence-electron chi connectivity index (χ0n) is 9.99. The highest BCUT2D eigenvalue weighted by molar-refractivity contribution is 9.10. The fraction of sp³-hybridized carbons (Fsp3) is 0.692. The highest BCUT2D eigenvalue weighted by Gasteiger charge is 2.35. The highest BCUT2D eigenvalue weighted by atomic mass is 79.9. The molecule has 0 aromatic carbocycles. The minimum Gasteiger partial charge on any atom is -0.314 e. The van der Waals surface area contributed by atoms with Crippen molar-refractivity contribution in [1.82, 2.24) is 10.2 Å². The van der Waals surface area contributed by atoms with Crippen LogP contribution in [0.3, 0.4) is 0 Å². The Bertz CT molecular complexity index is 369. The van der Waals surface area contributed by atoms with Crippen LogP contribution in [0.15, 0.2) is 15.9 Å². The van der Waals surface area contributed by atoms with Crippen molar-refractivity contribution < 1.29 is 0 Å². The standard InChI is InChI=1S/C13H19BrN2S/c14-11-4-9-17-13(11)12(10-2-1-3-10)16-7-5-15-6-8-16/h4,9-10,12,15H,1-3,5-8H2/t12-/m0/s1. The van der Waals surface area contributed by atoms with Crippen LogP contribution >= 0.6 is 27.3 Å². The van der Waals surface area contributed by atoms with Crippen molar-refractivity contribution in [2.24, 2.45) is 5.92 Å². The van der Waals surface area contributed by atoms with E-state index in [2.05, 4.69) is 37.6 Å². The van der Waals surface area contributed by atoms with Gasteiger partial charge in [-0.05, 0) is 46.1 Å². The van der Waals surface area contributed by atoms with E-state index in [0.717, 1.165) is 19.0 Å². The van der Waals surface area contributed by atoms with Gasteiger partial charge < -0.3 is 5.32 Å². The summed E-state index contributed by atoms with van der Waals surface area (Å²) in [5.41, 5.74) is 0. The van der Waals surface area contributed by atoms with Crippen molar-refractivity contribution in [3.05, 3.63) is 20.8 Å². The lowest BCUT2D eigenvalue weighted by atomic mass is 9.78. The van der Waals surface area contributed by atoms with Crippen LogP contribution in [0.2, 0.25) is 0 Å². The molecule has 4 heteroatoms. The van der Waals surface area contributed by atoms with Gasteiger partial charge in [0.25, 0.3) is 0 Å². The number of hydrogen-bond donors (Lipinski definition) is 1. The molecule has 1 N–H and O–H groups in total. The Morgan fingerprint density at radius 3 is 2.65 bits per heavy atom. The molecule has 2 heterocycles. The minimum absolute atomic E-state index is 0.667. The second-order valence-electron chi connectivity index (χ2n) is 5.05. The van der Waals surface area contributed by atoms with Gasteiger partial charge in [0.15, 0.2) is 0 Å². The molecule has 0 amide bonds. The first-order valence-electron chi connectivity index (χ1n) is 6.54. The van der Waals surface area contributed by atoms with Gasteiger partial charge in [-0.25, -0.2) is 0 Å². The topological polar surface area (TPSA) is 15.3 Å². The van der Waals surface area contributed by atoms with Crippen LogP contribution in [0.1, 0.15) is 30.2 Å². The molecule has 17 heavy (non-hydrogen) atoms. The van der Waals surface area contributed by atoms with E-state index in [-0.39, 0.29) is 0 Å². The van der Waals surface area contributed by atoms with E-state index in [1.165, 1.54) is 36.8 Å². The van der Waals surface area contributed by atoms with Crippen molar-refractivity contribution in [1.29, 1.82) is 0 Å². The molecule has 3 rings (SSSR count). The molecule has 0 radical (unpaired) electrons. The van der Waals surface area contributed by atoms with Gasteiger partial charge in [0.1, 0.15) is 0 Å². The predicted octanol–water partition coefficient (Wildman–Crippen LogP) is 3.26. The van der Waals surface area contributed by atoms with Gasteiger partial charge in [0, 0.05) is 41.6 Å². The second kappa shape index (κ2) is 5.39. The molecule has 1 aliphatic heterocycles. The fourth-order valence-corrected chi connectivity index (χ4v) is 4.74. The number of nitrogens with one attached hydrogen (secondary N) is 1. The van der Waals surface area contributed by atoms with E-state index in [4.69, 9.17) is 0 Å². The molecule has 1 aromatic heterocycles. The summed E-state index contributed by atoms with van der Waals surface area (Å²) in [6.45, 7) is 4.69. The Morgan fingerprint density at radius 1 is 1.35 bits per heavy atom. The van der Waals surface area contributed by atoms with Crippen molar-refractivity contribution in [3.8, 4) is 0 Å². The maximum absolute atomic E-state index is 3.72. The van der Waals surface area contributed by atoms with Crippen molar-refractivity contribution in [3.63, 3.8) is 0 Å². The fourth-order valence-electron chi connectivity index (χ4n) is 2.91. The molecule has 94 valence electrons. The zero-order chi connectivity index (χ0) is 11.7. The summed E-state index contributed by atoms with van der Waals surface area (Å²) >= 11 is 5.64. The maximum atomic E-state index is 3.72. The lowest BCUT2D eigenvalue weighted by molar-refractivity contribution is 0.0856. The lowest BCUT2D eigenvalue weighted by Crippen LogP contribution is -2.47. The Labute approximate surface area is 116 Å². The summed E-state index contributed by atoms with van der Waals surface area (Å²) in [5.74, 6) is 0.892. The third-order valence-electron chi connectivity index (χ3n) is 4.05. The quantitative estimate of drug-likeness (QED) is 0.921. The number of nitrogens with zero attached hydrogens (tertiary/aromatic N) is 1. The summed E-state index contributed by atoms with van der Waals surface area (Å²) in [6, 6.07) is 2.87. The smallest absolute Gasteiger partial charge is 0.0482 e. The molecule has 0 bridgehead atoms. The van der Waals surface area contributed by atoms with Crippen molar-refractivity contribution >= 4 is 27.3 Å². The molecule has 2 nitrogen and oxygen atoms in total. The van der Waals surface area contributed by atoms with Crippen LogP contribution in [-0.4, -0.2) is 31.1 Å². The summed E-state index contributed by atoms with van der Waals surface area (Å²) in [6.07, 6.45) is 4.26. The minimum atomic E-state index is 0.667. The summed E-state index contributed by atoms with van der Waals surface area (Å²) in [5, 5.41) is 5.67. The Kier molecular flexibility index (Phi) is 3.85. The molecule has 1 saturated heterocycles. The third-order valence-corrected chi connectivity index (χ3v) is 6.00. The van der Waals surface area contributed by atoms with Crippen LogP contribution in [0.4, 0.5) is 0 Å². The maximum Gasteiger partial charge on any atom is 0.0482 e. The Balaban J connectivity index is 1.83. The predicted molar refractivity (Wildman–Crippen MR) is 76.5 cm³/mol. The normalized spacial score (nSPS) is 24.5. The first kappa shape index (κ1) is 12.2. The highest BCUT2D eigenvalue weighted by Crippen LogP contribution is 2.45. The molecule has 0 unspecified atom stereocenters. The lowest BCUT2D eigenvalue weighted by Gasteiger charge is -2.42. The average Bonchev–Trinajstić information content (AvgIpc) is 2.71. The number of hydrogen-bond acceptors (Lipinski definition) is 3. The number of halogens is 1. The van der Waals surface area contributed by atoms with E-state index < -0.39 is 0 Å². The van der Waals surface area contributed by atoms with E-state index in [1.807, 2.05) is 11.3 Å². The number of piperazine rings is 1. The second-order valence-corrected chi connectivity index (χ2v) is 6.86. The van der Waals surface area contributed by atoms with Crippen molar-refractivity contribution in [2.45, 2.75) is 25.3 Å². The molecule has 2 fully saturated rings. The van der Waals surface area contributed by atoms with Crippen LogP contribution in [0.25, 0.3) is 0 Å². The molecule has 1 aromatic rings. The molecule has 2 aliphatic rings. The van der Waals surface area contributed by atoms with Crippen LogP contribution in [-0.2, 0) is 0 Å². The summed E-state index contributed by atoms with van der Waals surface area (Å²) in [7, 11) is 0. The number of rotatable bonds is 3. The van der Waals surface area contributed by atoms with Crippen molar-refractivity contribution in [2.75, 3.05) is 26.2 Å². The molecule has 1 saturated carbocycles. The summed E-state index contributed by atoms with van der Waals surface area (Å²) < 4.78 is 1.32. The molecular formula is C13H19BrN2S. The molecule has 0 spiro atoms. The largest absolute Gasteiger partial charge is 0.314 e. The van der Waals surface area contributed by atoms with Crippen LogP contribution in [0, 0.1) is 5.92 Å². The zero-order valence-corrected chi connectivity index (χ0v) is 12.4.